The highest BCUT2D eigenvalue weighted by atomic mass is 32.2. The van der Waals surface area contributed by atoms with E-state index in [4.69, 9.17) is 10.3 Å². The van der Waals surface area contributed by atoms with Crippen LogP contribution in [0.15, 0.2) is 30.3 Å². The molecule has 0 unspecified atom stereocenters. The number of rotatable bonds is 1. The fourth-order valence-electron chi connectivity index (χ4n) is 4.00. The summed E-state index contributed by atoms with van der Waals surface area (Å²) in [6.45, 7) is 0. The van der Waals surface area contributed by atoms with Gasteiger partial charge in [0.1, 0.15) is 0 Å². The second-order valence-electron chi connectivity index (χ2n) is 6.69. The van der Waals surface area contributed by atoms with E-state index in [2.05, 4.69) is 30.3 Å². The highest BCUT2D eigenvalue weighted by Gasteiger charge is 2.36. The van der Waals surface area contributed by atoms with Crippen LogP contribution in [0.1, 0.15) is 50.0 Å². The Morgan fingerprint density at radius 1 is 1.05 bits per heavy atom. The Hall–Kier alpha value is -0.910. The molecule has 4 nitrogen and oxygen atoms in total. The van der Waals surface area contributed by atoms with Crippen LogP contribution < -0.4 is 5.73 Å². The molecule has 5 heteroatoms. The number of benzene rings is 1. The van der Waals surface area contributed by atoms with Crippen LogP contribution in [0.4, 0.5) is 0 Å². The Balaban J connectivity index is 0.000000309. The minimum Gasteiger partial charge on any atom is -0.327 e. The van der Waals surface area contributed by atoms with Gasteiger partial charge in [-0.05, 0) is 36.2 Å². The van der Waals surface area contributed by atoms with E-state index >= 15 is 0 Å². The molecule has 0 bridgehead atoms. The van der Waals surface area contributed by atoms with E-state index in [0.717, 1.165) is 11.8 Å². The van der Waals surface area contributed by atoms with E-state index in [1.165, 1.54) is 44.1 Å². The molecular formula is C17H27NO3S. The first-order valence-electron chi connectivity index (χ1n) is 8.07. The zero-order valence-corrected chi connectivity index (χ0v) is 14.0. The molecule has 0 heterocycles. The molecule has 0 aromatic heterocycles. The first-order valence-corrected chi connectivity index (χ1v) is 9.92. The first kappa shape index (κ1) is 17.4. The van der Waals surface area contributed by atoms with E-state index < -0.39 is 10.1 Å². The lowest BCUT2D eigenvalue weighted by molar-refractivity contribution is 0.139. The van der Waals surface area contributed by atoms with Crippen LogP contribution in [-0.2, 0) is 10.1 Å². The Bertz CT molecular complexity index is 551. The van der Waals surface area contributed by atoms with Crippen molar-refractivity contribution in [2.45, 2.75) is 50.5 Å². The summed E-state index contributed by atoms with van der Waals surface area (Å²) in [5.41, 5.74) is 7.88. The van der Waals surface area contributed by atoms with Gasteiger partial charge in [0.2, 0.25) is 0 Å². The van der Waals surface area contributed by atoms with Gasteiger partial charge in [-0.3, -0.25) is 4.55 Å². The summed E-state index contributed by atoms with van der Waals surface area (Å²) < 4.78 is 25.9. The lowest BCUT2D eigenvalue weighted by Crippen LogP contribution is -2.40. The maximum absolute atomic E-state index is 9.19. The van der Waals surface area contributed by atoms with Crippen LogP contribution in [0.2, 0.25) is 0 Å². The first-order chi connectivity index (χ1) is 10.3. The van der Waals surface area contributed by atoms with Crippen molar-refractivity contribution in [1.82, 2.24) is 0 Å². The average Bonchev–Trinajstić information content (AvgIpc) is 2.46. The van der Waals surface area contributed by atoms with E-state index in [0.29, 0.717) is 18.2 Å². The molecule has 124 valence electrons. The molecule has 2 aliphatic carbocycles. The monoisotopic (exact) mass is 325 g/mol. The molecule has 22 heavy (non-hydrogen) atoms. The summed E-state index contributed by atoms with van der Waals surface area (Å²) >= 11 is 0. The van der Waals surface area contributed by atoms with Crippen molar-refractivity contribution in [3.05, 3.63) is 35.9 Å². The van der Waals surface area contributed by atoms with Crippen LogP contribution in [0.25, 0.3) is 0 Å². The van der Waals surface area contributed by atoms with Gasteiger partial charge in [0.05, 0.1) is 6.26 Å². The molecule has 0 spiro atoms. The molecule has 0 amide bonds. The third-order valence-corrected chi connectivity index (χ3v) is 4.94. The van der Waals surface area contributed by atoms with Crippen LogP contribution in [0.3, 0.4) is 0 Å². The predicted octanol–water partition coefficient (Wildman–Crippen LogP) is 3.20. The SMILES string of the molecule is CS(=O)(=O)O.N[C@H]1C[C@@H]2CCCC[C@H]2C[C@@H]1c1ccccc1. The zero-order valence-electron chi connectivity index (χ0n) is 13.2. The lowest BCUT2D eigenvalue weighted by Gasteiger charge is -2.43. The molecule has 3 rings (SSSR count). The molecule has 3 N–H and O–H groups in total. The summed E-state index contributed by atoms with van der Waals surface area (Å²) in [4.78, 5) is 0. The Kier molecular flexibility index (Phi) is 6.01. The quantitative estimate of drug-likeness (QED) is 0.777. The maximum Gasteiger partial charge on any atom is 0.261 e. The molecule has 0 radical (unpaired) electrons. The van der Waals surface area contributed by atoms with Gasteiger partial charge in [-0.15, -0.1) is 0 Å². The van der Waals surface area contributed by atoms with Crippen molar-refractivity contribution in [3.8, 4) is 0 Å². The topological polar surface area (TPSA) is 80.4 Å². The lowest BCUT2D eigenvalue weighted by atomic mass is 9.64. The minimum absolute atomic E-state index is 0.386. The van der Waals surface area contributed by atoms with Crippen molar-refractivity contribution in [3.63, 3.8) is 0 Å². The van der Waals surface area contributed by atoms with Crippen LogP contribution in [0, 0.1) is 11.8 Å². The Morgan fingerprint density at radius 2 is 1.55 bits per heavy atom. The van der Waals surface area contributed by atoms with Crippen molar-refractivity contribution in [2.75, 3.05) is 6.26 Å². The molecule has 1 aromatic rings. The van der Waals surface area contributed by atoms with E-state index in [-0.39, 0.29) is 0 Å². The zero-order chi connectivity index (χ0) is 16.2. The van der Waals surface area contributed by atoms with Gasteiger partial charge in [0.15, 0.2) is 0 Å². The van der Waals surface area contributed by atoms with Crippen LogP contribution in [-0.4, -0.2) is 25.3 Å². The second kappa shape index (κ2) is 7.57. The number of nitrogens with two attached hydrogens (primary N) is 1. The highest BCUT2D eigenvalue weighted by molar-refractivity contribution is 7.85. The van der Waals surface area contributed by atoms with Crippen molar-refractivity contribution in [2.24, 2.45) is 17.6 Å². The molecule has 0 aliphatic heterocycles. The normalized spacial score (nSPS) is 31.6. The van der Waals surface area contributed by atoms with Crippen LogP contribution >= 0.6 is 0 Å². The third kappa shape index (κ3) is 5.38. The van der Waals surface area contributed by atoms with Gasteiger partial charge in [-0.1, -0.05) is 56.0 Å². The molecule has 1 aromatic carbocycles. The molecule has 2 aliphatic rings. The van der Waals surface area contributed by atoms with Gasteiger partial charge in [0, 0.05) is 6.04 Å². The van der Waals surface area contributed by atoms with Gasteiger partial charge < -0.3 is 5.73 Å². The summed E-state index contributed by atoms with van der Waals surface area (Å²) in [5.74, 6) is 2.49. The molecule has 2 fully saturated rings. The fraction of sp³-hybridized carbons (Fsp3) is 0.647. The average molecular weight is 325 g/mol. The summed E-state index contributed by atoms with van der Waals surface area (Å²) in [5, 5.41) is 0. The highest BCUT2D eigenvalue weighted by Crippen LogP contribution is 2.45. The molecular weight excluding hydrogens is 298 g/mol. The van der Waals surface area contributed by atoms with E-state index in [1.807, 2.05) is 0 Å². The second-order valence-corrected chi connectivity index (χ2v) is 8.16. The maximum atomic E-state index is 9.19. The van der Waals surface area contributed by atoms with Crippen molar-refractivity contribution < 1.29 is 13.0 Å². The number of hydrogen-bond acceptors (Lipinski definition) is 3. The van der Waals surface area contributed by atoms with Crippen LogP contribution in [0.5, 0.6) is 0 Å². The molecule has 2 saturated carbocycles. The minimum atomic E-state index is -3.67. The number of fused-ring (bicyclic) bond motifs is 1. The van der Waals surface area contributed by atoms with Gasteiger partial charge in [-0.2, -0.15) is 8.42 Å². The van der Waals surface area contributed by atoms with Gasteiger partial charge in [-0.25, -0.2) is 0 Å². The summed E-state index contributed by atoms with van der Waals surface area (Å²) in [6.07, 6.45) is 9.05. The van der Waals surface area contributed by atoms with E-state index in [9.17, 15) is 8.42 Å². The predicted molar refractivity (Wildman–Crippen MR) is 89.3 cm³/mol. The van der Waals surface area contributed by atoms with Crippen molar-refractivity contribution in [1.29, 1.82) is 0 Å². The summed E-state index contributed by atoms with van der Waals surface area (Å²) in [6, 6.07) is 11.3. The smallest absolute Gasteiger partial charge is 0.261 e. The molecule has 4 atom stereocenters. The van der Waals surface area contributed by atoms with E-state index in [1.54, 1.807) is 0 Å². The van der Waals surface area contributed by atoms with Gasteiger partial charge in [0.25, 0.3) is 10.1 Å². The van der Waals surface area contributed by atoms with Gasteiger partial charge >= 0.3 is 0 Å². The molecule has 0 saturated heterocycles. The summed E-state index contributed by atoms with van der Waals surface area (Å²) in [7, 11) is -3.67. The third-order valence-electron chi connectivity index (χ3n) is 4.94. The van der Waals surface area contributed by atoms with Crippen molar-refractivity contribution >= 4 is 10.1 Å². The fourth-order valence-corrected chi connectivity index (χ4v) is 4.00. The number of hydrogen-bond donors (Lipinski definition) is 2. The largest absolute Gasteiger partial charge is 0.327 e. The Morgan fingerprint density at radius 3 is 2.09 bits per heavy atom. The Labute approximate surface area is 133 Å². The standard InChI is InChI=1S/C16H23N.CH4O3S/c17-16-11-14-9-5-4-8-13(14)10-15(16)12-6-2-1-3-7-12;1-5(2,3)4/h1-3,6-7,13-16H,4-5,8-11,17H2;1H3,(H,2,3,4)/t13-,14-,15+,16-;/m0./s1.